The smallest absolute Gasteiger partial charge is 0.231 e. The summed E-state index contributed by atoms with van der Waals surface area (Å²) in [5.41, 5.74) is 2.97. The molecule has 1 aromatic heterocycles. The largest absolute Gasteiger partial charge is 0.507 e. The average Bonchev–Trinajstić information content (AvgIpc) is 2.99. The summed E-state index contributed by atoms with van der Waals surface area (Å²) in [6.45, 7) is 8.93. The molecule has 0 spiro atoms. The monoisotopic (exact) mass is 306 g/mol. The van der Waals surface area contributed by atoms with Gasteiger partial charge in [0, 0.05) is 18.8 Å². The first-order valence-electron chi connectivity index (χ1n) is 7.38. The van der Waals surface area contributed by atoms with Crippen LogP contribution >= 0.6 is 0 Å². The zero-order valence-corrected chi connectivity index (χ0v) is 12.8. The predicted molar refractivity (Wildman–Crippen MR) is 93.7 cm³/mol. The number of phenolic OH excluding ortho intramolecular Hbond substituents is 1. The second-order valence-corrected chi connectivity index (χ2v) is 5.17. The molecule has 0 atom stereocenters. The van der Waals surface area contributed by atoms with Gasteiger partial charge in [-0.15, -0.1) is 13.2 Å². The zero-order valence-electron chi connectivity index (χ0n) is 12.8. The van der Waals surface area contributed by atoms with Crippen LogP contribution in [0.15, 0.2) is 72.2 Å². The van der Waals surface area contributed by atoms with Crippen molar-refractivity contribution in [3.05, 3.63) is 67.8 Å². The minimum atomic E-state index is 0.137. The van der Waals surface area contributed by atoms with E-state index < -0.39 is 0 Å². The lowest BCUT2D eigenvalue weighted by Crippen LogP contribution is -2.22. The predicted octanol–water partition coefficient (Wildman–Crippen LogP) is 4.38. The van der Waals surface area contributed by atoms with Crippen LogP contribution in [0.2, 0.25) is 0 Å². The Bertz CT molecular complexity index is 808. The Morgan fingerprint density at radius 2 is 1.83 bits per heavy atom. The Labute approximate surface area is 135 Å². The standard InChI is InChI=1S/C19H18N2O2/c1-3-11-21(12-4-2)14-9-10-17(22)15(13-14)19-20-16-7-5-6-8-18(16)23-19/h3-10,13,22H,1-2,11-12H2. The van der Waals surface area contributed by atoms with Gasteiger partial charge in [0.1, 0.15) is 11.3 Å². The Morgan fingerprint density at radius 1 is 1.09 bits per heavy atom. The molecule has 0 saturated heterocycles. The van der Waals surface area contributed by atoms with E-state index in [0.717, 1.165) is 11.2 Å². The fraction of sp³-hybridized carbons (Fsp3) is 0.105. The van der Waals surface area contributed by atoms with Crippen LogP contribution in [0, 0.1) is 0 Å². The van der Waals surface area contributed by atoms with Crippen molar-refractivity contribution in [2.45, 2.75) is 0 Å². The Morgan fingerprint density at radius 3 is 2.52 bits per heavy atom. The first-order chi connectivity index (χ1) is 11.2. The molecule has 116 valence electrons. The number of aromatic hydroxyl groups is 1. The van der Waals surface area contributed by atoms with Crippen molar-refractivity contribution in [3.8, 4) is 17.2 Å². The summed E-state index contributed by atoms with van der Waals surface area (Å²) in [5, 5.41) is 10.2. The van der Waals surface area contributed by atoms with Crippen molar-refractivity contribution in [1.82, 2.24) is 4.98 Å². The van der Waals surface area contributed by atoms with Crippen molar-refractivity contribution in [2.75, 3.05) is 18.0 Å². The van der Waals surface area contributed by atoms with E-state index in [1.54, 1.807) is 6.07 Å². The van der Waals surface area contributed by atoms with Gasteiger partial charge in [-0.05, 0) is 30.3 Å². The van der Waals surface area contributed by atoms with E-state index in [4.69, 9.17) is 4.42 Å². The highest BCUT2D eigenvalue weighted by molar-refractivity contribution is 5.78. The number of hydrogen-bond donors (Lipinski definition) is 1. The van der Waals surface area contributed by atoms with Crippen molar-refractivity contribution >= 4 is 16.8 Å². The first kappa shape index (κ1) is 14.9. The molecule has 0 bridgehead atoms. The fourth-order valence-corrected chi connectivity index (χ4v) is 2.48. The minimum Gasteiger partial charge on any atom is -0.507 e. The maximum atomic E-state index is 10.2. The summed E-state index contributed by atoms with van der Waals surface area (Å²) in [6, 6.07) is 12.9. The summed E-state index contributed by atoms with van der Waals surface area (Å²) < 4.78 is 5.76. The number of fused-ring (bicyclic) bond motifs is 1. The van der Waals surface area contributed by atoms with Gasteiger partial charge < -0.3 is 14.4 Å². The molecule has 0 amide bonds. The highest BCUT2D eigenvalue weighted by Gasteiger charge is 2.14. The first-order valence-corrected chi connectivity index (χ1v) is 7.38. The molecule has 0 fully saturated rings. The third-order valence-corrected chi connectivity index (χ3v) is 3.57. The van der Waals surface area contributed by atoms with Crippen molar-refractivity contribution in [3.63, 3.8) is 0 Å². The van der Waals surface area contributed by atoms with E-state index in [9.17, 15) is 5.11 Å². The van der Waals surface area contributed by atoms with Gasteiger partial charge >= 0.3 is 0 Å². The molecule has 4 heteroatoms. The van der Waals surface area contributed by atoms with Crippen LogP contribution < -0.4 is 4.90 Å². The average molecular weight is 306 g/mol. The third-order valence-electron chi connectivity index (χ3n) is 3.57. The Hall–Kier alpha value is -3.01. The summed E-state index contributed by atoms with van der Waals surface area (Å²) in [6.07, 6.45) is 3.66. The van der Waals surface area contributed by atoms with E-state index in [2.05, 4.69) is 23.0 Å². The van der Waals surface area contributed by atoms with Gasteiger partial charge in [-0.1, -0.05) is 24.3 Å². The number of nitrogens with zero attached hydrogens (tertiary/aromatic N) is 2. The second kappa shape index (κ2) is 6.40. The van der Waals surface area contributed by atoms with E-state index in [1.807, 2.05) is 48.6 Å². The molecule has 2 aromatic carbocycles. The fourth-order valence-electron chi connectivity index (χ4n) is 2.48. The molecule has 0 saturated carbocycles. The second-order valence-electron chi connectivity index (χ2n) is 5.17. The van der Waals surface area contributed by atoms with Gasteiger partial charge in [-0.25, -0.2) is 4.98 Å². The lowest BCUT2D eigenvalue weighted by atomic mass is 10.1. The Balaban J connectivity index is 2.06. The topological polar surface area (TPSA) is 49.5 Å². The maximum Gasteiger partial charge on any atom is 0.231 e. The Kier molecular flexibility index (Phi) is 4.15. The lowest BCUT2D eigenvalue weighted by Gasteiger charge is -2.22. The van der Waals surface area contributed by atoms with Crippen molar-refractivity contribution in [1.29, 1.82) is 0 Å². The maximum absolute atomic E-state index is 10.2. The number of rotatable bonds is 6. The van der Waals surface area contributed by atoms with E-state index in [1.165, 1.54) is 0 Å². The molecule has 4 nitrogen and oxygen atoms in total. The molecule has 0 aliphatic carbocycles. The van der Waals surface area contributed by atoms with Crippen LogP contribution in [0.4, 0.5) is 5.69 Å². The molecule has 1 heterocycles. The minimum absolute atomic E-state index is 0.137. The summed E-state index contributed by atoms with van der Waals surface area (Å²) in [5.74, 6) is 0.542. The number of anilines is 1. The molecule has 1 N–H and O–H groups in total. The van der Waals surface area contributed by atoms with Gasteiger partial charge in [0.05, 0.1) is 5.56 Å². The van der Waals surface area contributed by atoms with E-state index in [0.29, 0.717) is 30.1 Å². The number of aromatic nitrogens is 1. The molecular weight excluding hydrogens is 288 g/mol. The quantitative estimate of drug-likeness (QED) is 0.687. The van der Waals surface area contributed by atoms with Crippen LogP contribution in [-0.4, -0.2) is 23.2 Å². The third kappa shape index (κ3) is 2.97. The van der Waals surface area contributed by atoms with Gasteiger partial charge in [0.2, 0.25) is 5.89 Å². The molecular formula is C19H18N2O2. The molecule has 0 aliphatic rings. The molecule has 0 aliphatic heterocycles. The van der Waals surface area contributed by atoms with Crippen LogP contribution in [0.5, 0.6) is 5.75 Å². The van der Waals surface area contributed by atoms with Gasteiger partial charge in [0.25, 0.3) is 0 Å². The van der Waals surface area contributed by atoms with Crippen LogP contribution in [0.1, 0.15) is 0 Å². The normalized spacial score (nSPS) is 10.6. The summed E-state index contributed by atoms with van der Waals surface area (Å²) in [4.78, 5) is 6.54. The number of hydrogen-bond acceptors (Lipinski definition) is 4. The van der Waals surface area contributed by atoms with Crippen molar-refractivity contribution in [2.24, 2.45) is 0 Å². The van der Waals surface area contributed by atoms with Crippen LogP contribution in [0.3, 0.4) is 0 Å². The highest BCUT2D eigenvalue weighted by atomic mass is 16.3. The lowest BCUT2D eigenvalue weighted by molar-refractivity contribution is 0.474. The van der Waals surface area contributed by atoms with Crippen LogP contribution in [0.25, 0.3) is 22.6 Å². The summed E-state index contributed by atoms with van der Waals surface area (Å²) in [7, 11) is 0. The zero-order chi connectivity index (χ0) is 16.2. The van der Waals surface area contributed by atoms with Crippen molar-refractivity contribution < 1.29 is 9.52 Å². The van der Waals surface area contributed by atoms with E-state index in [-0.39, 0.29) is 5.75 Å². The number of para-hydroxylation sites is 2. The number of benzene rings is 2. The van der Waals surface area contributed by atoms with Crippen LogP contribution in [-0.2, 0) is 0 Å². The van der Waals surface area contributed by atoms with Gasteiger partial charge in [-0.2, -0.15) is 0 Å². The number of phenols is 1. The number of oxazole rings is 1. The van der Waals surface area contributed by atoms with E-state index >= 15 is 0 Å². The van der Waals surface area contributed by atoms with Gasteiger partial charge in [-0.3, -0.25) is 0 Å². The molecule has 0 radical (unpaired) electrons. The SMILES string of the molecule is C=CCN(CC=C)c1ccc(O)c(-c2nc3ccccc3o2)c1. The molecule has 3 aromatic rings. The summed E-state index contributed by atoms with van der Waals surface area (Å²) >= 11 is 0. The van der Waals surface area contributed by atoms with Gasteiger partial charge in [0.15, 0.2) is 5.58 Å². The molecule has 0 unspecified atom stereocenters. The molecule has 23 heavy (non-hydrogen) atoms. The molecule has 3 rings (SSSR count). The highest BCUT2D eigenvalue weighted by Crippen LogP contribution is 2.34.